The highest BCUT2D eigenvalue weighted by Crippen LogP contribution is 2.33. The van der Waals surface area contributed by atoms with Crippen molar-refractivity contribution in [1.29, 1.82) is 0 Å². The smallest absolute Gasteiger partial charge is 0.279 e. The van der Waals surface area contributed by atoms with Crippen molar-refractivity contribution in [2.45, 2.75) is 29.6 Å². The monoisotopic (exact) mass is 473 g/mol. The van der Waals surface area contributed by atoms with Gasteiger partial charge in [-0.15, -0.1) is 11.3 Å². The van der Waals surface area contributed by atoms with Gasteiger partial charge < -0.3 is 14.9 Å². The number of aromatic nitrogens is 3. The second-order valence-electron chi connectivity index (χ2n) is 6.81. The standard InChI is InChI=1S/C20H19N5O5S2/c1-29-17-11-22-16(10-23-17)24-20(26)19(25-30-12-18-21-8-9-31-18)13-2-4-14(5-3-13)32(27,28)15-6-7-15/h2-5,8-11,15H,6-7,12H2,1H3,(H,22,24,26)/b25-19+. The van der Waals surface area contributed by atoms with Crippen molar-refractivity contribution in [3.05, 3.63) is 58.8 Å². The van der Waals surface area contributed by atoms with Crippen LogP contribution in [0.4, 0.5) is 5.82 Å². The summed E-state index contributed by atoms with van der Waals surface area (Å²) >= 11 is 1.40. The summed E-state index contributed by atoms with van der Waals surface area (Å²) in [6.07, 6.45) is 5.69. The second kappa shape index (κ2) is 9.40. The van der Waals surface area contributed by atoms with E-state index < -0.39 is 15.7 Å². The first-order valence-corrected chi connectivity index (χ1v) is 12.0. The molecule has 0 radical (unpaired) electrons. The molecule has 4 rings (SSSR count). The Morgan fingerprint density at radius 3 is 2.56 bits per heavy atom. The van der Waals surface area contributed by atoms with Gasteiger partial charge >= 0.3 is 0 Å². The fraction of sp³-hybridized carbons (Fsp3) is 0.250. The Hall–Kier alpha value is -3.38. The lowest BCUT2D eigenvalue weighted by molar-refractivity contribution is -0.110. The van der Waals surface area contributed by atoms with Crippen molar-refractivity contribution in [1.82, 2.24) is 15.0 Å². The Morgan fingerprint density at radius 2 is 1.97 bits per heavy atom. The van der Waals surface area contributed by atoms with Gasteiger partial charge in [0.25, 0.3) is 5.91 Å². The number of anilines is 1. The van der Waals surface area contributed by atoms with Crippen molar-refractivity contribution >= 4 is 38.6 Å². The first-order valence-electron chi connectivity index (χ1n) is 9.57. The molecule has 1 aromatic carbocycles. The highest BCUT2D eigenvalue weighted by Gasteiger charge is 2.36. The van der Waals surface area contributed by atoms with Gasteiger partial charge in [0, 0.05) is 17.1 Å². The predicted molar refractivity (Wildman–Crippen MR) is 117 cm³/mol. The number of thiazole rings is 1. The molecule has 1 aliphatic carbocycles. The number of methoxy groups -OCH3 is 1. The minimum Gasteiger partial charge on any atom is -0.480 e. The van der Waals surface area contributed by atoms with E-state index in [9.17, 15) is 13.2 Å². The van der Waals surface area contributed by atoms with Crippen LogP contribution < -0.4 is 10.1 Å². The summed E-state index contributed by atoms with van der Waals surface area (Å²) in [5.74, 6) is -0.103. The van der Waals surface area contributed by atoms with Gasteiger partial charge in [-0.3, -0.25) is 4.79 Å². The summed E-state index contributed by atoms with van der Waals surface area (Å²) in [5.41, 5.74) is 0.340. The molecule has 1 aliphatic rings. The third kappa shape index (κ3) is 5.08. The topological polar surface area (TPSA) is 133 Å². The summed E-state index contributed by atoms with van der Waals surface area (Å²) in [6.45, 7) is 0.0882. The van der Waals surface area contributed by atoms with Crippen molar-refractivity contribution in [3.63, 3.8) is 0 Å². The molecule has 0 saturated heterocycles. The number of hydrogen-bond acceptors (Lipinski definition) is 10. The lowest BCUT2D eigenvalue weighted by Gasteiger charge is -2.09. The van der Waals surface area contributed by atoms with E-state index in [1.807, 2.05) is 0 Å². The van der Waals surface area contributed by atoms with Crippen LogP contribution in [0, 0.1) is 0 Å². The Labute approximate surface area is 188 Å². The van der Waals surface area contributed by atoms with Crippen molar-refractivity contribution in [2.24, 2.45) is 5.16 Å². The molecule has 1 N–H and O–H groups in total. The quantitative estimate of drug-likeness (QED) is 0.370. The van der Waals surface area contributed by atoms with Crippen LogP contribution in [0.5, 0.6) is 5.88 Å². The van der Waals surface area contributed by atoms with Gasteiger partial charge in [0.05, 0.1) is 29.6 Å². The number of benzene rings is 1. The first-order chi connectivity index (χ1) is 15.5. The minimum atomic E-state index is -3.34. The average molecular weight is 474 g/mol. The van der Waals surface area contributed by atoms with Crippen molar-refractivity contribution < 1.29 is 22.8 Å². The maximum Gasteiger partial charge on any atom is 0.279 e. The maximum atomic E-state index is 12.9. The van der Waals surface area contributed by atoms with Crippen molar-refractivity contribution in [2.75, 3.05) is 12.4 Å². The molecule has 1 fully saturated rings. The highest BCUT2D eigenvalue weighted by atomic mass is 32.2. The third-order valence-corrected chi connectivity index (χ3v) is 7.57. The lowest BCUT2D eigenvalue weighted by Crippen LogP contribution is -2.25. The molecule has 1 amide bonds. The number of nitrogens with zero attached hydrogens (tertiary/aromatic N) is 4. The molecule has 0 bridgehead atoms. The largest absolute Gasteiger partial charge is 0.480 e. The summed E-state index contributed by atoms with van der Waals surface area (Å²) in [5, 5.41) is 8.76. The predicted octanol–water partition coefficient (Wildman–Crippen LogP) is 2.44. The van der Waals surface area contributed by atoms with Gasteiger partial charge in [0.15, 0.2) is 28.0 Å². The summed E-state index contributed by atoms with van der Waals surface area (Å²) in [7, 11) is -1.88. The SMILES string of the molecule is COc1cnc(NC(=O)/C(=N/OCc2nccs2)c2ccc(S(=O)(=O)C3CC3)cc2)cn1. The molecule has 3 aromatic rings. The molecule has 0 aliphatic heterocycles. The van der Waals surface area contributed by atoms with E-state index in [0.717, 1.165) is 0 Å². The Kier molecular flexibility index (Phi) is 6.42. The van der Waals surface area contributed by atoms with E-state index >= 15 is 0 Å². The number of amides is 1. The molecule has 12 heteroatoms. The summed E-state index contributed by atoms with van der Waals surface area (Å²) in [4.78, 5) is 30.6. The number of carbonyl (C=O) groups excluding carboxylic acids is 1. The van der Waals surface area contributed by atoms with Crippen LogP contribution in [0.2, 0.25) is 0 Å². The Balaban J connectivity index is 1.56. The van der Waals surface area contributed by atoms with Crippen LogP contribution in [0.1, 0.15) is 23.4 Å². The van der Waals surface area contributed by atoms with E-state index in [-0.39, 0.29) is 28.3 Å². The number of nitrogens with one attached hydrogen (secondary N) is 1. The van der Waals surface area contributed by atoms with Gasteiger partial charge in [-0.25, -0.2) is 23.4 Å². The number of ether oxygens (including phenoxy) is 1. The lowest BCUT2D eigenvalue weighted by atomic mass is 10.1. The Morgan fingerprint density at radius 1 is 1.19 bits per heavy atom. The molecule has 0 unspecified atom stereocenters. The molecule has 1 saturated carbocycles. The van der Waals surface area contributed by atoms with Gasteiger partial charge in [0.2, 0.25) is 5.88 Å². The van der Waals surface area contributed by atoms with E-state index in [0.29, 0.717) is 29.3 Å². The van der Waals surface area contributed by atoms with E-state index in [1.165, 1.54) is 55.1 Å². The van der Waals surface area contributed by atoms with Crippen LogP contribution in [-0.2, 0) is 26.1 Å². The molecule has 2 heterocycles. The van der Waals surface area contributed by atoms with Gasteiger partial charge in [0.1, 0.15) is 5.01 Å². The maximum absolute atomic E-state index is 12.9. The second-order valence-corrected chi connectivity index (χ2v) is 10.0. The van der Waals surface area contributed by atoms with E-state index in [4.69, 9.17) is 9.57 Å². The minimum absolute atomic E-state index is 0.0467. The van der Waals surface area contributed by atoms with E-state index in [1.54, 1.807) is 11.6 Å². The van der Waals surface area contributed by atoms with Crippen LogP contribution in [0.25, 0.3) is 0 Å². The summed E-state index contributed by atoms with van der Waals surface area (Å²) in [6, 6.07) is 6.00. The molecule has 0 atom stereocenters. The number of sulfone groups is 1. The van der Waals surface area contributed by atoms with Crippen LogP contribution >= 0.6 is 11.3 Å². The Bertz CT molecular complexity index is 1210. The normalized spacial score (nSPS) is 14.1. The zero-order valence-corrected chi connectivity index (χ0v) is 18.6. The first kappa shape index (κ1) is 21.8. The number of carbonyl (C=O) groups is 1. The van der Waals surface area contributed by atoms with E-state index in [2.05, 4.69) is 25.4 Å². The fourth-order valence-electron chi connectivity index (χ4n) is 2.74. The fourth-order valence-corrected chi connectivity index (χ4v) is 4.91. The molecule has 10 nitrogen and oxygen atoms in total. The molecular weight excluding hydrogens is 454 g/mol. The van der Waals surface area contributed by atoms with Crippen LogP contribution in [-0.4, -0.2) is 47.3 Å². The third-order valence-electron chi connectivity index (χ3n) is 4.54. The average Bonchev–Trinajstić information content (AvgIpc) is 3.55. The number of oxime groups is 1. The molecular formula is C20H19N5O5S2. The molecule has 166 valence electrons. The van der Waals surface area contributed by atoms with Crippen LogP contribution in [0.15, 0.2) is 58.3 Å². The highest BCUT2D eigenvalue weighted by molar-refractivity contribution is 7.92. The zero-order chi connectivity index (χ0) is 22.6. The molecule has 2 aromatic heterocycles. The summed E-state index contributed by atoms with van der Waals surface area (Å²) < 4.78 is 29.8. The number of rotatable bonds is 9. The van der Waals surface area contributed by atoms with Crippen molar-refractivity contribution in [3.8, 4) is 5.88 Å². The molecule has 0 spiro atoms. The van der Waals surface area contributed by atoms with Gasteiger partial charge in [-0.05, 0) is 25.0 Å². The van der Waals surface area contributed by atoms with Crippen LogP contribution in [0.3, 0.4) is 0 Å². The van der Waals surface area contributed by atoms with Gasteiger partial charge in [-0.2, -0.15) is 0 Å². The molecule has 32 heavy (non-hydrogen) atoms. The number of hydrogen-bond donors (Lipinski definition) is 1. The van der Waals surface area contributed by atoms with Gasteiger partial charge in [-0.1, -0.05) is 17.3 Å². The zero-order valence-electron chi connectivity index (χ0n) is 17.0.